The first-order valence-corrected chi connectivity index (χ1v) is 8.63. The van der Waals surface area contributed by atoms with Crippen molar-refractivity contribution in [3.05, 3.63) is 11.3 Å². The second kappa shape index (κ2) is 7.42. The number of amides is 2. The van der Waals surface area contributed by atoms with Gasteiger partial charge in [0.25, 0.3) is 0 Å². The third-order valence-corrected chi connectivity index (χ3v) is 3.91. The van der Waals surface area contributed by atoms with E-state index in [1.165, 1.54) is 0 Å². The first-order chi connectivity index (χ1) is 11.2. The van der Waals surface area contributed by atoms with Gasteiger partial charge in [0.05, 0.1) is 12.2 Å². The van der Waals surface area contributed by atoms with Crippen molar-refractivity contribution in [3.8, 4) is 0 Å². The Kier molecular flexibility index (Phi) is 5.74. The molecule has 1 aromatic rings. The Morgan fingerprint density at radius 2 is 2.08 bits per heavy atom. The molecular weight excluding hydrogens is 332 g/mol. The number of anilines is 1. The molecule has 0 radical (unpaired) electrons. The number of hydrogen-bond acceptors (Lipinski definition) is 4. The zero-order chi connectivity index (χ0) is 17.9. The molecule has 0 atom stereocenters. The molecule has 0 aromatic carbocycles. The zero-order valence-corrected chi connectivity index (χ0v) is 15.4. The molecule has 2 rings (SSSR count). The van der Waals surface area contributed by atoms with Crippen LogP contribution in [0.3, 0.4) is 0 Å². The van der Waals surface area contributed by atoms with E-state index in [0.29, 0.717) is 44.0 Å². The molecule has 0 aliphatic carbocycles. The SMILES string of the molecule is Cn1nc2c(c1NC(=O)CCCCl)CN(C(=O)OC(C)(C)C)CC2. The summed E-state index contributed by atoms with van der Waals surface area (Å²) in [5.74, 6) is 0.984. The summed E-state index contributed by atoms with van der Waals surface area (Å²) in [5, 5.41) is 7.33. The number of fused-ring (bicyclic) bond motifs is 1. The monoisotopic (exact) mass is 356 g/mol. The van der Waals surface area contributed by atoms with Crippen LogP contribution in [0.25, 0.3) is 0 Å². The quantitative estimate of drug-likeness (QED) is 0.841. The third-order valence-electron chi connectivity index (χ3n) is 3.64. The maximum atomic E-state index is 12.3. The molecule has 0 fully saturated rings. The van der Waals surface area contributed by atoms with Crippen LogP contribution in [0.1, 0.15) is 44.9 Å². The van der Waals surface area contributed by atoms with Crippen molar-refractivity contribution in [3.63, 3.8) is 0 Å². The maximum absolute atomic E-state index is 12.3. The molecule has 1 aliphatic rings. The number of aromatic nitrogens is 2. The summed E-state index contributed by atoms with van der Waals surface area (Å²) in [7, 11) is 1.79. The summed E-state index contributed by atoms with van der Waals surface area (Å²) in [4.78, 5) is 25.9. The number of nitrogens with one attached hydrogen (secondary N) is 1. The van der Waals surface area contributed by atoms with E-state index in [9.17, 15) is 9.59 Å². The molecule has 7 nitrogen and oxygen atoms in total. The van der Waals surface area contributed by atoms with Gasteiger partial charge in [0.2, 0.25) is 5.91 Å². The Morgan fingerprint density at radius 1 is 1.38 bits per heavy atom. The van der Waals surface area contributed by atoms with Crippen molar-refractivity contribution in [2.24, 2.45) is 7.05 Å². The molecule has 24 heavy (non-hydrogen) atoms. The lowest BCUT2D eigenvalue weighted by Crippen LogP contribution is -2.40. The molecule has 2 heterocycles. The molecule has 8 heteroatoms. The van der Waals surface area contributed by atoms with Gasteiger partial charge in [-0.3, -0.25) is 9.48 Å². The van der Waals surface area contributed by atoms with Crippen LogP contribution >= 0.6 is 11.6 Å². The number of nitrogens with zero attached hydrogens (tertiary/aromatic N) is 3. The molecule has 2 amide bonds. The van der Waals surface area contributed by atoms with E-state index in [0.717, 1.165) is 11.3 Å². The van der Waals surface area contributed by atoms with E-state index in [1.807, 2.05) is 20.8 Å². The van der Waals surface area contributed by atoms with E-state index in [1.54, 1.807) is 16.6 Å². The number of aryl methyl sites for hydroxylation is 1. The number of rotatable bonds is 4. The zero-order valence-electron chi connectivity index (χ0n) is 14.7. The maximum Gasteiger partial charge on any atom is 0.410 e. The van der Waals surface area contributed by atoms with Crippen LogP contribution < -0.4 is 5.32 Å². The Hall–Kier alpha value is -1.76. The Balaban J connectivity index is 2.12. The second-order valence-corrected chi connectivity index (χ2v) is 7.27. The first kappa shape index (κ1) is 18.6. The number of ether oxygens (including phenoxy) is 1. The summed E-state index contributed by atoms with van der Waals surface area (Å²) in [5.41, 5.74) is 1.24. The number of halogens is 1. The lowest BCUT2D eigenvalue weighted by Gasteiger charge is -2.29. The molecule has 0 unspecified atom stereocenters. The summed E-state index contributed by atoms with van der Waals surface area (Å²) >= 11 is 5.63. The average Bonchev–Trinajstić information content (AvgIpc) is 2.78. The van der Waals surface area contributed by atoms with Gasteiger partial charge in [-0.15, -0.1) is 11.6 Å². The van der Waals surface area contributed by atoms with Gasteiger partial charge in [-0.25, -0.2) is 4.79 Å². The summed E-state index contributed by atoms with van der Waals surface area (Å²) < 4.78 is 7.09. The van der Waals surface area contributed by atoms with E-state index in [2.05, 4.69) is 10.4 Å². The molecule has 1 aromatic heterocycles. The first-order valence-electron chi connectivity index (χ1n) is 8.09. The average molecular weight is 357 g/mol. The normalized spacial score (nSPS) is 14.3. The number of carbonyl (C=O) groups is 2. The van der Waals surface area contributed by atoms with Gasteiger partial charge in [-0.1, -0.05) is 0 Å². The van der Waals surface area contributed by atoms with E-state index in [-0.39, 0.29) is 12.0 Å². The van der Waals surface area contributed by atoms with Crippen molar-refractivity contribution in [2.45, 2.75) is 52.2 Å². The van der Waals surface area contributed by atoms with Crippen molar-refractivity contribution >= 4 is 29.4 Å². The highest BCUT2D eigenvalue weighted by Crippen LogP contribution is 2.27. The predicted octanol–water partition coefficient (Wildman–Crippen LogP) is 2.67. The van der Waals surface area contributed by atoms with Gasteiger partial charge in [-0.2, -0.15) is 5.10 Å². The van der Waals surface area contributed by atoms with Crippen LogP contribution in [-0.4, -0.2) is 44.7 Å². The van der Waals surface area contributed by atoms with Gasteiger partial charge in [0, 0.05) is 37.9 Å². The lowest BCUT2D eigenvalue weighted by molar-refractivity contribution is -0.116. The summed E-state index contributed by atoms with van der Waals surface area (Å²) in [6, 6.07) is 0. The Labute approximate surface area is 147 Å². The van der Waals surface area contributed by atoms with E-state index >= 15 is 0 Å². The van der Waals surface area contributed by atoms with Crippen molar-refractivity contribution in [1.29, 1.82) is 0 Å². The van der Waals surface area contributed by atoms with Gasteiger partial charge >= 0.3 is 6.09 Å². The molecule has 0 saturated heterocycles. The Bertz CT molecular complexity index is 622. The minimum atomic E-state index is -0.537. The standard InChI is InChI=1S/C16H25ClN4O3/c1-16(2,3)24-15(23)21-9-7-12-11(10-21)14(20(4)19-12)18-13(22)6-5-8-17/h5-10H2,1-4H3,(H,18,22). The fraction of sp³-hybridized carbons (Fsp3) is 0.688. The van der Waals surface area contributed by atoms with Gasteiger partial charge in [-0.05, 0) is 27.2 Å². The van der Waals surface area contributed by atoms with Gasteiger partial charge in [0.15, 0.2) is 0 Å². The Morgan fingerprint density at radius 3 is 2.71 bits per heavy atom. The minimum Gasteiger partial charge on any atom is -0.444 e. The molecular formula is C16H25ClN4O3. The van der Waals surface area contributed by atoms with Crippen LogP contribution in [0.4, 0.5) is 10.6 Å². The van der Waals surface area contributed by atoms with E-state index < -0.39 is 5.60 Å². The second-order valence-electron chi connectivity index (χ2n) is 6.89. The topological polar surface area (TPSA) is 76.5 Å². The molecule has 0 saturated carbocycles. The highest BCUT2D eigenvalue weighted by molar-refractivity contribution is 6.18. The fourth-order valence-corrected chi connectivity index (χ4v) is 2.70. The van der Waals surface area contributed by atoms with Crippen LogP contribution in [0.5, 0.6) is 0 Å². The largest absolute Gasteiger partial charge is 0.444 e. The summed E-state index contributed by atoms with van der Waals surface area (Å²) in [6.07, 6.45) is 1.27. The fourth-order valence-electron chi connectivity index (χ4n) is 2.56. The predicted molar refractivity (Wildman–Crippen MR) is 92.1 cm³/mol. The molecule has 1 N–H and O–H groups in total. The van der Waals surface area contributed by atoms with Crippen molar-refractivity contribution in [1.82, 2.24) is 14.7 Å². The van der Waals surface area contributed by atoms with Crippen LogP contribution in [-0.2, 0) is 29.5 Å². The highest BCUT2D eigenvalue weighted by atomic mass is 35.5. The van der Waals surface area contributed by atoms with Crippen LogP contribution in [0.2, 0.25) is 0 Å². The molecule has 1 aliphatic heterocycles. The third kappa shape index (κ3) is 4.63. The summed E-state index contributed by atoms with van der Waals surface area (Å²) in [6.45, 7) is 6.45. The lowest BCUT2D eigenvalue weighted by atomic mass is 10.1. The van der Waals surface area contributed by atoms with Crippen molar-refractivity contribution < 1.29 is 14.3 Å². The highest BCUT2D eigenvalue weighted by Gasteiger charge is 2.30. The van der Waals surface area contributed by atoms with Gasteiger partial charge in [0.1, 0.15) is 11.4 Å². The molecule has 0 bridgehead atoms. The minimum absolute atomic E-state index is 0.101. The van der Waals surface area contributed by atoms with Crippen LogP contribution in [0, 0.1) is 0 Å². The number of alkyl halides is 1. The molecule has 0 spiro atoms. The number of hydrogen-bond donors (Lipinski definition) is 1. The smallest absolute Gasteiger partial charge is 0.410 e. The number of carbonyl (C=O) groups excluding carboxylic acids is 2. The van der Waals surface area contributed by atoms with Gasteiger partial charge < -0.3 is 15.0 Å². The molecule has 134 valence electrons. The van der Waals surface area contributed by atoms with E-state index in [4.69, 9.17) is 16.3 Å². The van der Waals surface area contributed by atoms with Crippen molar-refractivity contribution in [2.75, 3.05) is 17.7 Å². The van der Waals surface area contributed by atoms with Crippen LogP contribution in [0.15, 0.2) is 0 Å².